The maximum Gasteiger partial charge on any atom is 0.239 e. The molecule has 2 fully saturated rings. The molecule has 1 atom stereocenters. The number of carbonyl (C=O) groups excluding carboxylic acids is 1. The number of hydrogen-bond donors (Lipinski definition) is 1. The largest absolute Gasteiger partial charge is 0.341 e. The lowest BCUT2D eigenvalue weighted by molar-refractivity contribution is -0.135. The number of carbonyl (C=O) groups is 1. The number of amides is 1. The van der Waals surface area contributed by atoms with Crippen molar-refractivity contribution in [3.8, 4) is 0 Å². The van der Waals surface area contributed by atoms with E-state index in [9.17, 15) is 4.79 Å². The van der Waals surface area contributed by atoms with Crippen molar-refractivity contribution < 1.29 is 4.79 Å². The van der Waals surface area contributed by atoms with Gasteiger partial charge in [-0.3, -0.25) is 4.79 Å². The highest BCUT2D eigenvalue weighted by molar-refractivity contribution is 5.82. The molecule has 3 nitrogen and oxygen atoms in total. The molecule has 104 valence electrons. The molecule has 0 aromatic carbocycles. The van der Waals surface area contributed by atoms with Crippen LogP contribution in [0.25, 0.3) is 0 Å². The van der Waals surface area contributed by atoms with Crippen LogP contribution in [0.1, 0.15) is 58.3 Å². The molecule has 2 aliphatic heterocycles. The lowest BCUT2D eigenvalue weighted by atomic mass is 9.92. The topological polar surface area (TPSA) is 32.3 Å². The molecule has 3 heteroatoms. The zero-order valence-electron chi connectivity index (χ0n) is 11.8. The van der Waals surface area contributed by atoms with E-state index in [2.05, 4.69) is 17.1 Å². The maximum absolute atomic E-state index is 12.4. The van der Waals surface area contributed by atoms with Crippen molar-refractivity contribution in [3.63, 3.8) is 0 Å². The molecule has 1 amide bonds. The summed E-state index contributed by atoms with van der Waals surface area (Å²) in [5.41, 5.74) is 0. The standard InChI is InChI=1S/C15H28N2O/c1-2-6-13-8-11-17(12-9-13)15(18)14-7-4-3-5-10-16-14/h13-14,16H,2-12H2,1H3. The van der Waals surface area contributed by atoms with E-state index in [-0.39, 0.29) is 6.04 Å². The van der Waals surface area contributed by atoms with Gasteiger partial charge in [0.25, 0.3) is 0 Å². The lowest BCUT2D eigenvalue weighted by Gasteiger charge is -2.34. The lowest BCUT2D eigenvalue weighted by Crippen LogP contribution is -2.48. The SMILES string of the molecule is CCCC1CCN(C(=O)C2CCCCCN2)CC1. The van der Waals surface area contributed by atoms with E-state index in [0.29, 0.717) is 5.91 Å². The van der Waals surface area contributed by atoms with E-state index >= 15 is 0 Å². The highest BCUT2D eigenvalue weighted by Gasteiger charge is 2.28. The Morgan fingerprint density at radius 1 is 1.17 bits per heavy atom. The second kappa shape index (κ2) is 7.13. The predicted molar refractivity (Wildman–Crippen MR) is 74.5 cm³/mol. The molecule has 2 saturated heterocycles. The molecule has 18 heavy (non-hydrogen) atoms. The Kier molecular flexibility index (Phi) is 5.48. The molecule has 0 aromatic heterocycles. The molecular weight excluding hydrogens is 224 g/mol. The summed E-state index contributed by atoms with van der Waals surface area (Å²) in [4.78, 5) is 14.5. The number of piperidine rings is 1. The molecule has 2 aliphatic rings. The van der Waals surface area contributed by atoms with Crippen molar-refractivity contribution in [2.75, 3.05) is 19.6 Å². The van der Waals surface area contributed by atoms with Gasteiger partial charge in [0.2, 0.25) is 5.91 Å². The van der Waals surface area contributed by atoms with Gasteiger partial charge in [0.1, 0.15) is 0 Å². The average Bonchev–Trinajstić information content (AvgIpc) is 2.68. The van der Waals surface area contributed by atoms with Gasteiger partial charge in [-0.25, -0.2) is 0 Å². The van der Waals surface area contributed by atoms with Gasteiger partial charge in [0.15, 0.2) is 0 Å². The molecule has 1 unspecified atom stereocenters. The first-order valence-electron chi connectivity index (χ1n) is 7.83. The molecule has 0 spiro atoms. The summed E-state index contributed by atoms with van der Waals surface area (Å²) < 4.78 is 0. The van der Waals surface area contributed by atoms with Crippen LogP contribution in [0.2, 0.25) is 0 Å². The van der Waals surface area contributed by atoms with Gasteiger partial charge >= 0.3 is 0 Å². The summed E-state index contributed by atoms with van der Waals surface area (Å²) in [6.07, 6.45) is 9.78. The Hall–Kier alpha value is -0.570. The van der Waals surface area contributed by atoms with Gasteiger partial charge in [0.05, 0.1) is 6.04 Å². The van der Waals surface area contributed by atoms with Crippen LogP contribution in [0.5, 0.6) is 0 Å². The molecule has 2 heterocycles. The zero-order chi connectivity index (χ0) is 12.8. The molecule has 0 saturated carbocycles. The van der Waals surface area contributed by atoms with Gasteiger partial charge in [-0.2, -0.15) is 0 Å². The van der Waals surface area contributed by atoms with Crippen molar-refractivity contribution in [2.24, 2.45) is 5.92 Å². The Bertz CT molecular complexity index is 251. The number of hydrogen-bond acceptors (Lipinski definition) is 2. The monoisotopic (exact) mass is 252 g/mol. The molecule has 1 N–H and O–H groups in total. The minimum atomic E-state index is 0.107. The van der Waals surface area contributed by atoms with Crippen LogP contribution >= 0.6 is 0 Å². The normalized spacial score (nSPS) is 26.9. The van der Waals surface area contributed by atoms with E-state index < -0.39 is 0 Å². The second-order valence-electron chi connectivity index (χ2n) is 5.91. The number of nitrogens with zero attached hydrogens (tertiary/aromatic N) is 1. The van der Waals surface area contributed by atoms with Crippen LogP contribution in [0.4, 0.5) is 0 Å². The van der Waals surface area contributed by atoms with E-state index in [1.807, 2.05) is 0 Å². The minimum Gasteiger partial charge on any atom is -0.341 e. The van der Waals surface area contributed by atoms with Crippen LogP contribution in [-0.2, 0) is 4.79 Å². The Morgan fingerprint density at radius 3 is 2.67 bits per heavy atom. The number of rotatable bonds is 3. The van der Waals surface area contributed by atoms with Crippen molar-refractivity contribution in [1.82, 2.24) is 10.2 Å². The van der Waals surface area contributed by atoms with Crippen LogP contribution < -0.4 is 5.32 Å². The Labute approximate surface area is 111 Å². The van der Waals surface area contributed by atoms with Gasteiger partial charge in [-0.1, -0.05) is 32.6 Å². The van der Waals surface area contributed by atoms with Crippen LogP contribution in [0.3, 0.4) is 0 Å². The third kappa shape index (κ3) is 3.71. The highest BCUT2D eigenvalue weighted by Crippen LogP contribution is 2.22. The summed E-state index contributed by atoms with van der Waals surface area (Å²) in [6, 6.07) is 0.107. The first kappa shape index (κ1) is 13.9. The third-order valence-corrected chi connectivity index (χ3v) is 4.48. The van der Waals surface area contributed by atoms with Crippen molar-refractivity contribution in [2.45, 2.75) is 64.3 Å². The summed E-state index contributed by atoms with van der Waals surface area (Å²) in [5, 5.41) is 3.42. The summed E-state index contributed by atoms with van der Waals surface area (Å²) in [7, 11) is 0. The molecule has 2 rings (SSSR count). The number of nitrogens with one attached hydrogen (secondary N) is 1. The van der Waals surface area contributed by atoms with E-state index in [0.717, 1.165) is 32.0 Å². The maximum atomic E-state index is 12.4. The summed E-state index contributed by atoms with van der Waals surface area (Å²) in [5.74, 6) is 1.23. The molecule has 0 aromatic rings. The van der Waals surface area contributed by atoms with Crippen molar-refractivity contribution >= 4 is 5.91 Å². The first-order chi connectivity index (χ1) is 8.81. The fourth-order valence-corrected chi connectivity index (χ4v) is 3.31. The zero-order valence-corrected chi connectivity index (χ0v) is 11.8. The number of likely N-dealkylation sites (tertiary alicyclic amines) is 1. The third-order valence-electron chi connectivity index (χ3n) is 4.48. The molecule has 0 radical (unpaired) electrons. The van der Waals surface area contributed by atoms with Crippen molar-refractivity contribution in [3.05, 3.63) is 0 Å². The van der Waals surface area contributed by atoms with Crippen molar-refractivity contribution in [1.29, 1.82) is 0 Å². The van der Waals surface area contributed by atoms with Gasteiger partial charge in [0, 0.05) is 13.1 Å². The molecular formula is C15H28N2O. The van der Waals surface area contributed by atoms with Crippen LogP contribution in [0, 0.1) is 5.92 Å². The highest BCUT2D eigenvalue weighted by atomic mass is 16.2. The quantitative estimate of drug-likeness (QED) is 0.837. The average molecular weight is 252 g/mol. The molecule has 0 aliphatic carbocycles. The summed E-state index contributed by atoms with van der Waals surface area (Å²) in [6.45, 7) is 5.25. The van der Waals surface area contributed by atoms with Gasteiger partial charge in [-0.05, 0) is 38.1 Å². The van der Waals surface area contributed by atoms with E-state index in [1.54, 1.807) is 0 Å². The summed E-state index contributed by atoms with van der Waals surface area (Å²) >= 11 is 0. The van der Waals surface area contributed by atoms with Crippen LogP contribution in [0.15, 0.2) is 0 Å². The van der Waals surface area contributed by atoms with E-state index in [1.165, 1.54) is 44.9 Å². The minimum absolute atomic E-state index is 0.107. The van der Waals surface area contributed by atoms with Crippen LogP contribution in [-0.4, -0.2) is 36.5 Å². The smallest absolute Gasteiger partial charge is 0.239 e. The first-order valence-corrected chi connectivity index (χ1v) is 7.83. The fraction of sp³-hybridized carbons (Fsp3) is 0.933. The second-order valence-corrected chi connectivity index (χ2v) is 5.91. The van der Waals surface area contributed by atoms with Gasteiger partial charge < -0.3 is 10.2 Å². The Morgan fingerprint density at radius 2 is 1.94 bits per heavy atom. The van der Waals surface area contributed by atoms with Gasteiger partial charge in [-0.15, -0.1) is 0 Å². The fourth-order valence-electron chi connectivity index (χ4n) is 3.31. The molecule has 0 bridgehead atoms. The predicted octanol–water partition coefficient (Wildman–Crippen LogP) is 2.56. The Balaban J connectivity index is 1.79. The van der Waals surface area contributed by atoms with E-state index in [4.69, 9.17) is 0 Å².